The molecule has 0 bridgehead atoms. The molecule has 1 aromatic carbocycles. The number of aldehydes is 1. The van der Waals surface area contributed by atoms with E-state index in [0.29, 0.717) is 15.1 Å². The summed E-state index contributed by atoms with van der Waals surface area (Å²) >= 11 is 17.9. The van der Waals surface area contributed by atoms with E-state index in [0.717, 1.165) is 62.9 Å². The summed E-state index contributed by atoms with van der Waals surface area (Å²) in [4.78, 5) is 10.1. The Labute approximate surface area is 234 Å². The number of allylic oxidation sites excluding steroid dienone is 4. The predicted octanol–water partition coefficient (Wildman–Crippen LogP) is 7.56. The van der Waals surface area contributed by atoms with Crippen LogP contribution in [0.5, 0.6) is 0 Å². The lowest BCUT2D eigenvalue weighted by molar-refractivity contribution is -0.110. The van der Waals surface area contributed by atoms with Crippen molar-refractivity contribution in [2.75, 3.05) is 19.6 Å². The van der Waals surface area contributed by atoms with Crippen LogP contribution in [-0.2, 0) is 4.79 Å². The molecular weight excluding hydrogens is 515 g/mol. The van der Waals surface area contributed by atoms with E-state index >= 15 is 0 Å². The molecule has 2 rings (SSSR count). The number of carbonyl (C=O) groups is 1. The van der Waals surface area contributed by atoms with Crippen molar-refractivity contribution in [1.29, 1.82) is 0 Å². The fraction of sp³-hybridized carbons (Fsp3) is 0.536. The first-order valence-corrected chi connectivity index (χ1v) is 13.7. The van der Waals surface area contributed by atoms with Gasteiger partial charge in [-0.15, -0.1) is 6.58 Å². The van der Waals surface area contributed by atoms with Gasteiger partial charge in [0.25, 0.3) is 0 Å². The SMILES string of the molecule is C=C(C)CCCN(N)CCC.C=C/C(Cl)=C(\C)NC(C)c1ccc(Cl)cc1Cl.O=C[C@H]1CCCCN1. The number of nitrogens with two attached hydrogens (primary N) is 1. The molecule has 0 spiro atoms. The zero-order valence-corrected chi connectivity index (χ0v) is 24.7. The molecule has 1 heterocycles. The fourth-order valence-electron chi connectivity index (χ4n) is 3.46. The number of hydrazine groups is 1. The molecule has 0 amide bonds. The molecule has 1 aromatic rings. The summed E-state index contributed by atoms with van der Waals surface area (Å²) in [5, 5.41) is 10.1. The molecular formula is C28H45Cl3N4O. The number of hydrogen-bond acceptors (Lipinski definition) is 5. The van der Waals surface area contributed by atoms with E-state index in [1.165, 1.54) is 18.4 Å². The Bertz CT molecular complexity index is 823. The van der Waals surface area contributed by atoms with Gasteiger partial charge < -0.3 is 15.4 Å². The Hall–Kier alpha value is -1.34. The topological polar surface area (TPSA) is 70.4 Å². The standard InChI is InChI=1S/C13H14Cl3N.C9H20N2.C6H11NO/c1-4-12(15)9(3)17-8(2)11-6-5-10(14)7-13(11)16;1-4-7-11(10)8-5-6-9(2)3;8-5-6-3-1-2-4-7-6/h4-8,17H,1H2,2-3H3;2,4-8,10H2,1,3H3;5-7H,1-4H2/b12-9-;;/t;;6-/m..1/s1. The Morgan fingerprint density at radius 2 is 2.00 bits per heavy atom. The smallest absolute Gasteiger partial charge is 0.136 e. The lowest BCUT2D eigenvalue weighted by atomic mass is 10.1. The maximum atomic E-state index is 10.1. The largest absolute Gasteiger partial charge is 0.381 e. The number of hydrogen-bond donors (Lipinski definition) is 3. The average molecular weight is 560 g/mol. The second-order valence-corrected chi connectivity index (χ2v) is 10.2. The molecule has 5 nitrogen and oxygen atoms in total. The van der Waals surface area contributed by atoms with E-state index in [4.69, 9.17) is 40.6 Å². The van der Waals surface area contributed by atoms with Gasteiger partial charge in [-0.05, 0) is 83.2 Å². The fourth-order valence-corrected chi connectivity index (χ4v) is 4.08. The first kappa shape index (κ1) is 34.7. The third kappa shape index (κ3) is 16.4. The van der Waals surface area contributed by atoms with Crippen LogP contribution in [0.15, 0.2) is 53.7 Å². The number of halogens is 3. The van der Waals surface area contributed by atoms with Crippen LogP contribution in [0.3, 0.4) is 0 Å². The summed E-state index contributed by atoms with van der Waals surface area (Å²) in [7, 11) is 0. The van der Waals surface area contributed by atoms with Crippen LogP contribution in [0.1, 0.15) is 77.8 Å². The summed E-state index contributed by atoms with van der Waals surface area (Å²) in [6.07, 6.45) is 9.41. The van der Waals surface area contributed by atoms with Crippen molar-refractivity contribution >= 4 is 41.1 Å². The summed E-state index contributed by atoms with van der Waals surface area (Å²) in [5.41, 5.74) is 3.08. The molecule has 0 radical (unpaired) electrons. The van der Waals surface area contributed by atoms with Gasteiger partial charge >= 0.3 is 0 Å². The van der Waals surface area contributed by atoms with Crippen molar-refractivity contribution in [2.24, 2.45) is 5.84 Å². The quantitative estimate of drug-likeness (QED) is 0.0858. The molecule has 2 atom stereocenters. The normalized spacial score (nSPS) is 16.4. The van der Waals surface area contributed by atoms with E-state index in [2.05, 4.69) is 37.6 Å². The number of benzene rings is 1. The van der Waals surface area contributed by atoms with Gasteiger partial charge in [0.15, 0.2) is 0 Å². The molecule has 36 heavy (non-hydrogen) atoms. The first-order valence-electron chi connectivity index (χ1n) is 12.6. The molecule has 1 aliphatic heterocycles. The maximum Gasteiger partial charge on any atom is 0.136 e. The lowest BCUT2D eigenvalue weighted by Crippen LogP contribution is -2.34. The highest BCUT2D eigenvalue weighted by atomic mass is 35.5. The molecule has 1 fully saturated rings. The molecule has 0 saturated carbocycles. The van der Waals surface area contributed by atoms with Gasteiger partial charge in [0.05, 0.1) is 11.1 Å². The Morgan fingerprint density at radius 3 is 2.47 bits per heavy atom. The highest BCUT2D eigenvalue weighted by Gasteiger charge is 2.11. The zero-order chi connectivity index (χ0) is 27.5. The molecule has 1 aliphatic rings. The van der Waals surface area contributed by atoms with Crippen molar-refractivity contribution < 1.29 is 4.79 Å². The van der Waals surface area contributed by atoms with E-state index in [1.54, 1.807) is 12.1 Å². The van der Waals surface area contributed by atoms with Crippen molar-refractivity contribution in [1.82, 2.24) is 15.6 Å². The minimum absolute atomic E-state index is 0.0495. The third-order valence-corrected chi connectivity index (χ3v) is 6.47. The van der Waals surface area contributed by atoms with Crippen LogP contribution in [-0.4, -0.2) is 37.0 Å². The summed E-state index contributed by atoms with van der Waals surface area (Å²) in [5.74, 6) is 5.67. The van der Waals surface area contributed by atoms with E-state index in [1.807, 2.05) is 31.0 Å². The van der Waals surface area contributed by atoms with Gasteiger partial charge in [0.2, 0.25) is 0 Å². The highest BCUT2D eigenvalue weighted by molar-refractivity contribution is 6.35. The van der Waals surface area contributed by atoms with Gasteiger partial charge in [0.1, 0.15) is 6.29 Å². The molecule has 0 aromatic heterocycles. The van der Waals surface area contributed by atoms with Crippen molar-refractivity contribution in [3.8, 4) is 0 Å². The molecule has 0 aliphatic carbocycles. The molecule has 8 heteroatoms. The van der Waals surface area contributed by atoms with Crippen molar-refractivity contribution in [3.63, 3.8) is 0 Å². The summed E-state index contributed by atoms with van der Waals surface area (Å²) < 4.78 is 0. The summed E-state index contributed by atoms with van der Waals surface area (Å²) in [6, 6.07) is 5.65. The van der Waals surface area contributed by atoms with Crippen molar-refractivity contribution in [3.05, 3.63) is 69.3 Å². The number of nitrogens with one attached hydrogen (secondary N) is 2. The maximum absolute atomic E-state index is 10.1. The highest BCUT2D eigenvalue weighted by Crippen LogP contribution is 2.27. The van der Waals surface area contributed by atoms with Crippen LogP contribution in [0, 0.1) is 0 Å². The third-order valence-electron chi connectivity index (χ3n) is 5.47. The summed E-state index contributed by atoms with van der Waals surface area (Å²) in [6.45, 7) is 18.5. The molecule has 204 valence electrons. The van der Waals surface area contributed by atoms with Crippen molar-refractivity contribution in [2.45, 2.75) is 78.3 Å². The second kappa shape index (κ2) is 20.7. The monoisotopic (exact) mass is 558 g/mol. The lowest BCUT2D eigenvalue weighted by Gasteiger charge is -2.18. The van der Waals surface area contributed by atoms with Gasteiger partial charge in [-0.25, -0.2) is 5.01 Å². The van der Waals surface area contributed by atoms with Gasteiger partial charge in [-0.2, -0.15) is 0 Å². The number of carbonyl (C=O) groups excluding carboxylic acids is 1. The number of nitrogens with zero attached hydrogens (tertiary/aromatic N) is 1. The minimum atomic E-state index is 0.0495. The zero-order valence-electron chi connectivity index (χ0n) is 22.4. The van der Waals surface area contributed by atoms with Crippen LogP contribution in [0.25, 0.3) is 0 Å². The minimum Gasteiger partial charge on any atom is -0.381 e. The Kier molecular flexibility index (Phi) is 19.9. The first-order chi connectivity index (χ1) is 17.0. The number of rotatable bonds is 11. The van der Waals surface area contributed by atoms with Gasteiger partial charge in [0, 0.05) is 34.9 Å². The van der Waals surface area contributed by atoms with Crippen LogP contribution in [0.4, 0.5) is 0 Å². The molecule has 1 saturated heterocycles. The Balaban J connectivity index is 0.000000553. The second-order valence-electron chi connectivity index (χ2n) is 9.00. The van der Waals surface area contributed by atoms with Crippen LogP contribution >= 0.6 is 34.8 Å². The van der Waals surface area contributed by atoms with E-state index in [-0.39, 0.29) is 12.1 Å². The molecule has 4 N–H and O–H groups in total. The van der Waals surface area contributed by atoms with Gasteiger partial charge in [-0.3, -0.25) is 5.84 Å². The predicted molar refractivity (Wildman–Crippen MR) is 159 cm³/mol. The van der Waals surface area contributed by atoms with Crippen LogP contribution < -0.4 is 16.5 Å². The number of piperidine rings is 1. The Morgan fingerprint density at radius 1 is 1.31 bits per heavy atom. The molecule has 1 unspecified atom stereocenters. The average Bonchev–Trinajstić information content (AvgIpc) is 2.84. The van der Waals surface area contributed by atoms with Crippen LogP contribution in [0.2, 0.25) is 10.0 Å². The van der Waals surface area contributed by atoms with E-state index in [9.17, 15) is 4.79 Å². The van der Waals surface area contributed by atoms with E-state index < -0.39 is 0 Å². The van der Waals surface area contributed by atoms with Gasteiger partial charge in [-0.1, -0.05) is 66.4 Å².